The number of piperidine rings is 1. The van der Waals surface area contributed by atoms with Crippen molar-refractivity contribution in [3.63, 3.8) is 0 Å². The summed E-state index contributed by atoms with van der Waals surface area (Å²) in [4.78, 5) is 27.8. The van der Waals surface area contributed by atoms with Gasteiger partial charge in [-0.05, 0) is 62.1 Å². The molecule has 180 valence electrons. The van der Waals surface area contributed by atoms with Gasteiger partial charge >= 0.3 is 5.97 Å². The third-order valence-electron chi connectivity index (χ3n) is 6.20. The zero-order chi connectivity index (χ0) is 24.1. The molecule has 0 unspecified atom stereocenters. The molecule has 0 radical (unpaired) electrons. The maximum Gasteiger partial charge on any atom is 0.338 e. The van der Waals surface area contributed by atoms with E-state index in [1.807, 2.05) is 24.4 Å². The minimum atomic E-state index is -3.69. The van der Waals surface area contributed by atoms with E-state index in [1.54, 1.807) is 6.92 Å². The normalized spacial score (nSPS) is 15.3. The van der Waals surface area contributed by atoms with Crippen molar-refractivity contribution in [2.24, 2.45) is 5.92 Å². The molecule has 1 saturated heterocycles. The van der Waals surface area contributed by atoms with Crippen molar-refractivity contribution in [3.8, 4) is 0 Å². The Labute approximate surface area is 199 Å². The molecule has 2 N–H and O–H groups in total. The number of esters is 1. The number of nitrogens with one attached hydrogen (secondary N) is 2. The first-order valence-corrected chi connectivity index (χ1v) is 12.9. The van der Waals surface area contributed by atoms with E-state index < -0.39 is 16.0 Å². The summed E-state index contributed by atoms with van der Waals surface area (Å²) >= 11 is 0. The van der Waals surface area contributed by atoms with Crippen LogP contribution in [0.2, 0.25) is 0 Å². The maximum atomic E-state index is 13.0. The highest BCUT2D eigenvalue weighted by molar-refractivity contribution is 7.89. The Balaban J connectivity index is 1.28. The van der Waals surface area contributed by atoms with Crippen LogP contribution >= 0.6 is 0 Å². The smallest absolute Gasteiger partial charge is 0.338 e. The Hall–Kier alpha value is -3.17. The largest absolute Gasteiger partial charge is 0.462 e. The molecule has 0 atom stereocenters. The van der Waals surface area contributed by atoms with Gasteiger partial charge in [0, 0.05) is 42.7 Å². The second-order valence-corrected chi connectivity index (χ2v) is 10.3. The molecule has 2 heterocycles. The van der Waals surface area contributed by atoms with Crippen LogP contribution in [0.5, 0.6) is 0 Å². The average molecular weight is 484 g/mol. The third-order valence-corrected chi connectivity index (χ3v) is 8.11. The monoisotopic (exact) mass is 483 g/mol. The molecule has 1 fully saturated rings. The van der Waals surface area contributed by atoms with Crippen molar-refractivity contribution in [2.45, 2.75) is 31.1 Å². The highest BCUT2D eigenvalue weighted by atomic mass is 32.2. The van der Waals surface area contributed by atoms with Gasteiger partial charge in [0.1, 0.15) is 0 Å². The number of nitrogens with zero attached hydrogens (tertiary/aromatic N) is 1. The number of fused-ring (bicyclic) bond motifs is 1. The van der Waals surface area contributed by atoms with Gasteiger partial charge < -0.3 is 15.0 Å². The van der Waals surface area contributed by atoms with Crippen LogP contribution in [0, 0.1) is 5.92 Å². The van der Waals surface area contributed by atoms with Gasteiger partial charge in [0.15, 0.2) is 0 Å². The van der Waals surface area contributed by atoms with Crippen molar-refractivity contribution in [3.05, 3.63) is 65.9 Å². The van der Waals surface area contributed by atoms with Gasteiger partial charge in [0.2, 0.25) is 15.9 Å². The number of carbonyl (C=O) groups excluding carboxylic acids is 2. The molecule has 8 nitrogen and oxygen atoms in total. The molecular weight excluding hydrogens is 454 g/mol. The lowest BCUT2D eigenvalue weighted by atomic mass is 9.97. The predicted octanol–water partition coefficient (Wildman–Crippen LogP) is 3.10. The van der Waals surface area contributed by atoms with Crippen molar-refractivity contribution in [1.82, 2.24) is 14.6 Å². The van der Waals surface area contributed by atoms with Crippen LogP contribution in [0.1, 0.15) is 35.7 Å². The van der Waals surface area contributed by atoms with Crippen molar-refractivity contribution >= 4 is 32.8 Å². The van der Waals surface area contributed by atoms with Gasteiger partial charge in [0.05, 0.1) is 17.1 Å². The lowest BCUT2D eigenvalue weighted by Gasteiger charge is -2.30. The molecule has 0 bridgehead atoms. The Morgan fingerprint density at radius 3 is 2.50 bits per heavy atom. The Bertz CT molecular complexity index is 1260. The molecule has 1 aliphatic rings. The average Bonchev–Trinajstić information content (AvgIpc) is 3.27. The first-order valence-electron chi connectivity index (χ1n) is 11.5. The highest BCUT2D eigenvalue weighted by Crippen LogP contribution is 2.24. The summed E-state index contributed by atoms with van der Waals surface area (Å²) in [5.74, 6) is -0.723. The number of benzene rings is 2. The van der Waals surface area contributed by atoms with E-state index in [-0.39, 0.29) is 36.4 Å². The number of H-pyrrole nitrogens is 1. The molecule has 3 aromatic rings. The predicted molar refractivity (Wildman–Crippen MR) is 129 cm³/mol. The van der Waals surface area contributed by atoms with Crippen LogP contribution in [0.25, 0.3) is 10.9 Å². The van der Waals surface area contributed by atoms with Crippen molar-refractivity contribution < 1.29 is 22.7 Å². The number of rotatable bonds is 8. The zero-order valence-electron chi connectivity index (χ0n) is 19.1. The van der Waals surface area contributed by atoms with E-state index in [9.17, 15) is 18.0 Å². The number of hydrogen-bond acceptors (Lipinski definition) is 5. The summed E-state index contributed by atoms with van der Waals surface area (Å²) in [6.07, 6.45) is 3.64. The second kappa shape index (κ2) is 10.4. The topological polar surface area (TPSA) is 109 Å². The molecule has 1 aliphatic heterocycles. The van der Waals surface area contributed by atoms with Gasteiger partial charge in [-0.2, -0.15) is 4.31 Å². The molecule has 0 spiro atoms. The number of amides is 1. The molecule has 9 heteroatoms. The molecule has 2 aromatic carbocycles. The summed E-state index contributed by atoms with van der Waals surface area (Å²) in [5.41, 5.74) is 2.54. The van der Waals surface area contributed by atoms with E-state index in [0.717, 1.165) is 22.9 Å². The summed E-state index contributed by atoms with van der Waals surface area (Å²) < 4.78 is 32.3. The summed E-state index contributed by atoms with van der Waals surface area (Å²) in [5, 5.41) is 4.16. The number of hydrogen-bond donors (Lipinski definition) is 2. The first kappa shape index (κ1) is 24.0. The number of para-hydroxylation sites is 1. The lowest BCUT2D eigenvalue weighted by molar-refractivity contribution is -0.126. The summed E-state index contributed by atoms with van der Waals surface area (Å²) in [6, 6.07) is 13.8. The quantitative estimate of drug-likeness (QED) is 0.479. The Morgan fingerprint density at radius 2 is 1.79 bits per heavy atom. The van der Waals surface area contributed by atoms with Gasteiger partial charge in [-0.3, -0.25) is 4.79 Å². The third kappa shape index (κ3) is 5.15. The van der Waals surface area contributed by atoms with Gasteiger partial charge in [0.25, 0.3) is 0 Å². The van der Waals surface area contributed by atoms with Crippen molar-refractivity contribution in [1.29, 1.82) is 0 Å². The van der Waals surface area contributed by atoms with Crippen LogP contribution in [-0.4, -0.2) is 55.8 Å². The van der Waals surface area contributed by atoms with E-state index in [2.05, 4.69) is 16.4 Å². The van der Waals surface area contributed by atoms with Crippen LogP contribution in [0.15, 0.2) is 59.6 Å². The molecule has 0 saturated carbocycles. The van der Waals surface area contributed by atoms with Crippen LogP contribution < -0.4 is 5.32 Å². The number of aromatic nitrogens is 1. The van der Waals surface area contributed by atoms with E-state index in [4.69, 9.17) is 4.74 Å². The number of carbonyl (C=O) groups is 2. The van der Waals surface area contributed by atoms with Crippen LogP contribution in [-0.2, 0) is 26.0 Å². The van der Waals surface area contributed by atoms with E-state index in [0.29, 0.717) is 24.9 Å². The maximum absolute atomic E-state index is 13.0. The lowest BCUT2D eigenvalue weighted by Crippen LogP contribution is -2.43. The number of aromatic amines is 1. The molecular formula is C25H29N3O5S. The summed E-state index contributed by atoms with van der Waals surface area (Å²) in [6.45, 7) is 3.06. The van der Waals surface area contributed by atoms with Gasteiger partial charge in [-0.25, -0.2) is 13.2 Å². The fraction of sp³-hybridized carbons (Fsp3) is 0.360. The minimum Gasteiger partial charge on any atom is -0.462 e. The van der Waals surface area contributed by atoms with Gasteiger partial charge in [-0.1, -0.05) is 18.2 Å². The standard InChI is InChI=1S/C25H29N3O5S/c1-2-33-25(30)19-7-9-21(10-8-19)34(31,32)28-15-12-18(13-16-28)24(29)26-14-11-20-17-27-23-6-4-3-5-22(20)23/h3-10,17-18,27H,2,11-16H2,1H3,(H,26,29). The molecule has 1 aromatic heterocycles. The second-order valence-electron chi connectivity index (χ2n) is 8.32. The SMILES string of the molecule is CCOC(=O)c1ccc(S(=O)(=O)N2CCC(C(=O)NCCc3c[nH]c4ccccc34)CC2)cc1. The van der Waals surface area contributed by atoms with Crippen LogP contribution in [0.4, 0.5) is 0 Å². The zero-order valence-corrected chi connectivity index (χ0v) is 19.9. The van der Waals surface area contributed by atoms with Gasteiger partial charge in [-0.15, -0.1) is 0 Å². The molecule has 0 aliphatic carbocycles. The molecule has 34 heavy (non-hydrogen) atoms. The van der Waals surface area contributed by atoms with Crippen LogP contribution in [0.3, 0.4) is 0 Å². The highest BCUT2D eigenvalue weighted by Gasteiger charge is 2.32. The van der Waals surface area contributed by atoms with E-state index >= 15 is 0 Å². The number of ether oxygens (including phenoxy) is 1. The van der Waals surface area contributed by atoms with E-state index in [1.165, 1.54) is 28.6 Å². The molecule has 1 amide bonds. The Kier molecular flexibility index (Phi) is 7.33. The first-order chi connectivity index (χ1) is 16.4. The Morgan fingerprint density at radius 1 is 1.09 bits per heavy atom. The molecule has 4 rings (SSSR count). The fourth-order valence-corrected chi connectivity index (χ4v) is 5.76. The fourth-order valence-electron chi connectivity index (χ4n) is 4.29. The minimum absolute atomic E-state index is 0.0318. The summed E-state index contributed by atoms with van der Waals surface area (Å²) in [7, 11) is -3.69. The number of sulfonamides is 1. The van der Waals surface area contributed by atoms with Crippen molar-refractivity contribution in [2.75, 3.05) is 26.2 Å².